The van der Waals surface area contributed by atoms with Crippen molar-refractivity contribution in [1.29, 1.82) is 0 Å². The minimum absolute atomic E-state index is 0.0327. The second-order valence-corrected chi connectivity index (χ2v) is 8.08. The smallest absolute Gasteiger partial charge is 0.325 e. The summed E-state index contributed by atoms with van der Waals surface area (Å²) in [5.74, 6) is 1.43. The van der Waals surface area contributed by atoms with Gasteiger partial charge in [0.15, 0.2) is 11.3 Å². The summed E-state index contributed by atoms with van der Waals surface area (Å²) in [4.78, 5) is 28.3. The highest BCUT2D eigenvalue weighted by atomic mass is 16.5. The van der Waals surface area contributed by atoms with E-state index in [9.17, 15) is 9.59 Å². The molecule has 1 aliphatic heterocycles. The minimum Gasteiger partial charge on any atom is -0.497 e. The number of imide groups is 1. The zero-order valence-corrected chi connectivity index (χ0v) is 19.2. The Morgan fingerprint density at radius 1 is 0.857 bits per heavy atom. The molecule has 0 bridgehead atoms. The molecule has 0 unspecified atom stereocenters. The van der Waals surface area contributed by atoms with Crippen molar-refractivity contribution >= 4 is 11.9 Å². The molecule has 0 atom stereocenters. The SMILES string of the molecule is COc1ccc(C2(c3ccc(OC)cc3)NC(=O)N(Cc3cc(-c4ccccc4)on3)C2=O)cc1. The van der Waals surface area contributed by atoms with Crippen LogP contribution < -0.4 is 14.8 Å². The summed E-state index contributed by atoms with van der Waals surface area (Å²) < 4.78 is 16.0. The van der Waals surface area contributed by atoms with Gasteiger partial charge in [-0.05, 0) is 35.4 Å². The summed E-state index contributed by atoms with van der Waals surface area (Å²) in [5, 5.41) is 7.01. The lowest BCUT2D eigenvalue weighted by atomic mass is 9.82. The van der Waals surface area contributed by atoms with Gasteiger partial charge in [0.2, 0.25) is 0 Å². The first-order chi connectivity index (χ1) is 17.0. The summed E-state index contributed by atoms with van der Waals surface area (Å²) in [7, 11) is 3.14. The summed E-state index contributed by atoms with van der Waals surface area (Å²) in [6, 6.07) is 24.8. The molecule has 8 heteroatoms. The lowest BCUT2D eigenvalue weighted by Gasteiger charge is -2.28. The Morgan fingerprint density at radius 2 is 1.43 bits per heavy atom. The summed E-state index contributed by atoms with van der Waals surface area (Å²) >= 11 is 0. The Balaban J connectivity index is 1.51. The highest BCUT2D eigenvalue weighted by molar-refractivity contribution is 6.09. The van der Waals surface area contributed by atoms with Crippen LogP contribution in [0, 0.1) is 0 Å². The molecule has 0 radical (unpaired) electrons. The normalized spacial score (nSPS) is 14.6. The summed E-state index contributed by atoms with van der Waals surface area (Å²) in [6.45, 7) is -0.0327. The topological polar surface area (TPSA) is 93.9 Å². The van der Waals surface area contributed by atoms with E-state index >= 15 is 0 Å². The minimum atomic E-state index is -1.42. The van der Waals surface area contributed by atoms with Crippen molar-refractivity contribution in [1.82, 2.24) is 15.4 Å². The molecule has 3 amide bonds. The number of aromatic nitrogens is 1. The molecule has 1 N–H and O–H groups in total. The van der Waals surface area contributed by atoms with Gasteiger partial charge < -0.3 is 19.3 Å². The Labute approximate surface area is 202 Å². The highest BCUT2D eigenvalue weighted by Crippen LogP contribution is 2.38. The van der Waals surface area contributed by atoms with Gasteiger partial charge in [0.1, 0.15) is 17.2 Å². The third kappa shape index (κ3) is 3.89. The number of ether oxygens (including phenoxy) is 2. The monoisotopic (exact) mass is 469 g/mol. The van der Waals surface area contributed by atoms with E-state index in [1.54, 1.807) is 68.8 Å². The average Bonchev–Trinajstić information content (AvgIpc) is 3.48. The van der Waals surface area contributed by atoms with Crippen molar-refractivity contribution in [3.05, 3.63) is 102 Å². The molecule has 35 heavy (non-hydrogen) atoms. The number of carbonyl (C=O) groups excluding carboxylic acids is 2. The summed E-state index contributed by atoms with van der Waals surface area (Å²) in [5.41, 5.74) is 1.12. The number of hydrogen-bond acceptors (Lipinski definition) is 6. The molecule has 5 rings (SSSR count). The number of amides is 3. The Hall–Kier alpha value is -4.59. The van der Waals surface area contributed by atoms with Crippen LogP contribution in [0.3, 0.4) is 0 Å². The van der Waals surface area contributed by atoms with Gasteiger partial charge in [0, 0.05) is 11.6 Å². The van der Waals surface area contributed by atoms with Crippen molar-refractivity contribution in [3.63, 3.8) is 0 Å². The Kier molecular flexibility index (Phi) is 5.70. The molecule has 0 spiro atoms. The van der Waals surface area contributed by atoms with Crippen LogP contribution in [-0.2, 0) is 16.9 Å². The van der Waals surface area contributed by atoms with E-state index in [1.165, 1.54) is 0 Å². The average molecular weight is 469 g/mol. The van der Waals surface area contributed by atoms with E-state index in [0.717, 1.165) is 10.5 Å². The van der Waals surface area contributed by atoms with Crippen molar-refractivity contribution < 1.29 is 23.6 Å². The number of urea groups is 1. The first kappa shape index (κ1) is 22.2. The number of nitrogens with one attached hydrogen (secondary N) is 1. The lowest BCUT2D eigenvalue weighted by molar-refractivity contribution is -0.130. The predicted molar refractivity (Wildman–Crippen MR) is 128 cm³/mol. The third-order valence-electron chi connectivity index (χ3n) is 6.09. The predicted octanol–water partition coefficient (Wildman–Crippen LogP) is 4.35. The van der Waals surface area contributed by atoms with E-state index in [2.05, 4.69) is 10.5 Å². The van der Waals surface area contributed by atoms with Gasteiger partial charge in [-0.1, -0.05) is 59.8 Å². The van der Waals surface area contributed by atoms with Crippen molar-refractivity contribution in [2.45, 2.75) is 12.1 Å². The fourth-order valence-electron chi connectivity index (χ4n) is 4.25. The number of rotatable bonds is 7. The standard InChI is InChI=1S/C27H23N3O5/c1-33-22-12-8-19(9-13-22)27(20-10-14-23(34-2)15-11-20)25(31)30(26(32)28-27)17-21-16-24(35-29-21)18-6-4-3-5-7-18/h3-16H,17H2,1-2H3,(H,28,32). The number of benzene rings is 3. The van der Waals surface area contributed by atoms with Crippen molar-refractivity contribution in [3.8, 4) is 22.8 Å². The van der Waals surface area contributed by atoms with Gasteiger partial charge in [-0.25, -0.2) is 4.79 Å². The highest BCUT2D eigenvalue weighted by Gasteiger charge is 2.53. The number of methoxy groups -OCH3 is 2. The zero-order valence-electron chi connectivity index (χ0n) is 19.2. The van der Waals surface area contributed by atoms with E-state index in [4.69, 9.17) is 14.0 Å². The van der Waals surface area contributed by atoms with Crippen molar-refractivity contribution in [2.24, 2.45) is 0 Å². The van der Waals surface area contributed by atoms with Gasteiger partial charge in [0.05, 0.1) is 20.8 Å². The van der Waals surface area contributed by atoms with Crippen molar-refractivity contribution in [2.75, 3.05) is 14.2 Å². The van der Waals surface area contributed by atoms with Gasteiger partial charge in [-0.15, -0.1) is 0 Å². The molecule has 176 valence electrons. The van der Waals surface area contributed by atoms with Gasteiger partial charge in [-0.3, -0.25) is 9.69 Å². The molecule has 1 saturated heterocycles. The molecule has 0 saturated carbocycles. The fraction of sp³-hybridized carbons (Fsp3) is 0.148. The van der Waals surface area contributed by atoms with Crippen LogP contribution in [0.2, 0.25) is 0 Å². The quantitative estimate of drug-likeness (QED) is 0.405. The van der Waals surface area contributed by atoms with E-state index in [0.29, 0.717) is 34.1 Å². The van der Waals surface area contributed by atoms with Crippen LogP contribution in [0.4, 0.5) is 4.79 Å². The van der Waals surface area contributed by atoms with Crippen LogP contribution in [0.1, 0.15) is 16.8 Å². The number of hydrogen-bond donors (Lipinski definition) is 1. The first-order valence-corrected chi connectivity index (χ1v) is 11.0. The number of carbonyl (C=O) groups is 2. The number of nitrogens with zero attached hydrogens (tertiary/aromatic N) is 2. The van der Waals surface area contributed by atoms with Crippen LogP contribution in [0.5, 0.6) is 11.5 Å². The molecule has 4 aromatic rings. The molecule has 1 fully saturated rings. The Morgan fingerprint density at radius 3 is 1.97 bits per heavy atom. The zero-order chi connectivity index (χ0) is 24.4. The molecular weight excluding hydrogens is 446 g/mol. The maximum Gasteiger partial charge on any atom is 0.325 e. The maximum absolute atomic E-state index is 14.0. The molecule has 1 aliphatic rings. The van der Waals surface area contributed by atoms with Crippen LogP contribution >= 0.6 is 0 Å². The van der Waals surface area contributed by atoms with Crippen LogP contribution in [0.15, 0.2) is 89.5 Å². The van der Waals surface area contributed by atoms with Gasteiger partial charge >= 0.3 is 6.03 Å². The lowest BCUT2D eigenvalue weighted by Crippen LogP contribution is -2.45. The molecule has 2 heterocycles. The van der Waals surface area contributed by atoms with Crippen LogP contribution in [0.25, 0.3) is 11.3 Å². The van der Waals surface area contributed by atoms with E-state index in [1.807, 2.05) is 30.3 Å². The van der Waals surface area contributed by atoms with Gasteiger partial charge in [0.25, 0.3) is 5.91 Å². The molecular formula is C27H23N3O5. The summed E-state index contributed by atoms with van der Waals surface area (Å²) in [6.07, 6.45) is 0. The second kappa shape index (κ2) is 8.98. The van der Waals surface area contributed by atoms with E-state index < -0.39 is 17.5 Å². The molecule has 0 aliphatic carbocycles. The first-order valence-electron chi connectivity index (χ1n) is 11.0. The molecule has 8 nitrogen and oxygen atoms in total. The third-order valence-corrected chi connectivity index (χ3v) is 6.09. The second-order valence-electron chi connectivity index (χ2n) is 8.08. The van der Waals surface area contributed by atoms with E-state index in [-0.39, 0.29) is 6.54 Å². The fourth-order valence-corrected chi connectivity index (χ4v) is 4.25. The van der Waals surface area contributed by atoms with Gasteiger partial charge in [-0.2, -0.15) is 0 Å². The largest absolute Gasteiger partial charge is 0.497 e. The molecule has 3 aromatic carbocycles. The molecule has 1 aromatic heterocycles. The maximum atomic E-state index is 14.0. The van der Waals surface area contributed by atoms with Crippen LogP contribution in [-0.4, -0.2) is 36.2 Å². The Bertz CT molecular complexity index is 1300.